The average Bonchev–Trinajstić information content (AvgIpc) is 2.79. The first-order chi connectivity index (χ1) is 8.34. The van der Waals surface area contributed by atoms with Gasteiger partial charge in [0.15, 0.2) is 0 Å². The zero-order valence-corrected chi connectivity index (χ0v) is 10.6. The molecule has 1 unspecified atom stereocenters. The molecule has 3 rings (SSSR count). The molecule has 0 bridgehead atoms. The third-order valence-electron chi connectivity index (χ3n) is 3.25. The van der Waals surface area contributed by atoms with E-state index in [0.717, 1.165) is 6.42 Å². The number of thioether (sulfide) groups is 1. The van der Waals surface area contributed by atoms with Crippen LogP contribution in [0, 0.1) is 0 Å². The summed E-state index contributed by atoms with van der Waals surface area (Å²) >= 11 is 1.93. The first kappa shape index (κ1) is 10.7. The van der Waals surface area contributed by atoms with Gasteiger partial charge < -0.3 is 5.32 Å². The fourth-order valence-corrected chi connectivity index (χ4v) is 3.60. The summed E-state index contributed by atoms with van der Waals surface area (Å²) in [5.74, 6) is 0. The largest absolute Gasteiger partial charge is 0.366 e. The van der Waals surface area contributed by atoms with E-state index in [2.05, 4.69) is 66.8 Å². The summed E-state index contributed by atoms with van der Waals surface area (Å²) < 4.78 is 0. The number of rotatable bonds is 2. The Kier molecular flexibility index (Phi) is 2.60. The lowest BCUT2D eigenvalue weighted by Gasteiger charge is -2.28. The van der Waals surface area contributed by atoms with Crippen LogP contribution in [0.1, 0.15) is 18.9 Å². The van der Waals surface area contributed by atoms with Gasteiger partial charge in [-0.3, -0.25) is 0 Å². The number of benzene rings is 2. The Bertz CT molecular complexity index is 496. The van der Waals surface area contributed by atoms with Crippen LogP contribution in [0.5, 0.6) is 0 Å². The molecule has 2 heteroatoms. The van der Waals surface area contributed by atoms with Crippen molar-refractivity contribution in [2.24, 2.45) is 0 Å². The van der Waals surface area contributed by atoms with Crippen LogP contribution in [0.15, 0.2) is 59.5 Å². The zero-order valence-electron chi connectivity index (χ0n) is 9.81. The van der Waals surface area contributed by atoms with Crippen molar-refractivity contribution in [1.82, 2.24) is 0 Å². The first-order valence-corrected chi connectivity index (χ1v) is 6.77. The normalized spacial score (nSPS) is 21.9. The maximum atomic E-state index is 3.68. The summed E-state index contributed by atoms with van der Waals surface area (Å²) in [6.45, 7) is 2.24. The predicted molar refractivity (Wildman–Crippen MR) is 74.3 cm³/mol. The lowest BCUT2D eigenvalue weighted by molar-refractivity contribution is 0.691. The van der Waals surface area contributed by atoms with Gasteiger partial charge in [-0.1, -0.05) is 61.2 Å². The Morgan fingerprint density at radius 1 is 1.00 bits per heavy atom. The molecule has 17 heavy (non-hydrogen) atoms. The van der Waals surface area contributed by atoms with Gasteiger partial charge in [0.1, 0.15) is 4.87 Å². The van der Waals surface area contributed by atoms with Crippen LogP contribution in [0.25, 0.3) is 0 Å². The summed E-state index contributed by atoms with van der Waals surface area (Å²) in [5, 5.41) is 3.68. The fourth-order valence-electron chi connectivity index (χ4n) is 2.29. The lowest BCUT2D eigenvalue weighted by Crippen LogP contribution is -2.26. The van der Waals surface area contributed by atoms with E-state index in [1.807, 2.05) is 11.8 Å². The molecule has 1 aliphatic heterocycles. The van der Waals surface area contributed by atoms with Gasteiger partial charge in [-0.25, -0.2) is 0 Å². The van der Waals surface area contributed by atoms with E-state index < -0.39 is 0 Å². The maximum Gasteiger partial charge on any atom is 0.113 e. The topological polar surface area (TPSA) is 12.0 Å². The lowest BCUT2D eigenvalue weighted by atomic mass is 10.0. The SMILES string of the molecule is CCC1(c2ccccc2)Nc2ccccc2S1. The van der Waals surface area contributed by atoms with Crippen LogP contribution in [-0.4, -0.2) is 0 Å². The van der Waals surface area contributed by atoms with Gasteiger partial charge >= 0.3 is 0 Å². The van der Waals surface area contributed by atoms with E-state index >= 15 is 0 Å². The van der Waals surface area contributed by atoms with Crippen molar-refractivity contribution in [2.45, 2.75) is 23.1 Å². The number of anilines is 1. The van der Waals surface area contributed by atoms with E-state index in [1.165, 1.54) is 16.1 Å². The van der Waals surface area contributed by atoms with Gasteiger partial charge in [-0.05, 0) is 24.1 Å². The molecular formula is C15H15NS. The highest BCUT2D eigenvalue weighted by atomic mass is 32.2. The van der Waals surface area contributed by atoms with E-state index in [9.17, 15) is 0 Å². The van der Waals surface area contributed by atoms with Gasteiger partial charge in [0.2, 0.25) is 0 Å². The monoisotopic (exact) mass is 241 g/mol. The van der Waals surface area contributed by atoms with Gasteiger partial charge in [-0.2, -0.15) is 0 Å². The van der Waals surface area contributed by atoms with Crippen LogP contribution in [-0.2, 0) is 4.87 Å². The van der Waals surface area contributed by atoms with Crippen molar-refractivity contribution in [3.63, 3.8) is 0 Å². The second kappa shape index (κ2) is 4.11. The Morgan fingerprint density at radius 3 is 2.41 bits per heavy atom. The van der Waals surface area contributed by atoms with Crippen LogP contribution >= 0.6 is 11.8 Å². The third kappa shape index (κ3) is 1.73. The number of fused-ring (bicyclic) bond motifs is 1. The Balaban J connectivity index is 2.03. The first-order valence-electron chi connectivity index (χ1n) is 5.96. The van der Waals surface area contributed by atoms with Crippen molar-refractivity contribution < 1.29 is 0 Å². The Morgan fingerprint density at radius 2 is 1.71 bits per heavy atom. The van der Waals surface area contributed by atoms with Gasteiger partial charge in [-0.15, -0.1) is 0 Å². The zero-order chi connectivity index (χ0) is 11.7. The molecule has 1 nitrogen and oxygen atoms in total. The Labute approximate surface area is 106 Å². The van der Waals surface area contributed by atoms with Gasteiger partial charge in [0.05, 0.1) is 0 Å². The maximum absolute atomic E-state index is 3.68. The second-order valence-electron chi connectivity index (χ2n) is 4.27. The Hall–Kier alpha value is -1.41. The van der Waals surface area contributed by atoms with Gasteiger partial charge in [0, 0.05) is 10.6 Å². The molecule has 1 aliphatic rings. The number of hydrogen-bond acceptors (Lipinski definition) is 2. The van der Waals surface area contributed by atoms with Crippen molar-refractivity contribution in [1.29, 1.82) is 0 Å². The molecule has 0 saturated heterocycles. The molecule has 0 saturated carbocycles. The minimum absolute atomic E-state index is 0.00491. The number of nitrogens with one attached hydrogen (secondary N) is 1. The predicted octanol–water partition coefficient (Wildman–Crippen LogP) is 4.47. The summed E-state index contributed by atoms with van der Waals surface area (Å²) in [5.41, 5.74) is 2.60. The highest BCUT2D eigenvalue weighted by Crippen LogP contribution is 2.52. The summed E-state index contributed by atoms with van der Waals surface area (Å²) in [6, 6.07) is 19.2. The smallest absolute Gasteiger partial charge is 0.113 e. The molecule has 0 spiro atoms. The number of para-hydroxylation sites is 1. The van der Waals surface area contributed by atoms with E-state index in [0.29, 0.717) is 0 Å². The van der Waals surface area contributed by atoms with Crippen LogP contribution < -0.4 is 5.32 Å². The highest BCUT2D eigenvalue weighted by molar-refractivity contribution is 8.00. The average molecular weight is 241 g/mol. The number of hydrogen-bond donors (Lipinski definition) is 1. The molecule has 0 aliphatic carbocycles. The van der Waals surface area contributed by atoms with Crippen molar-refractivity contribution in [2.75, 3.05) is 5.32 Å². The molecule has 0 fully saturated rings. The molecule has 1 atom stereocenters. The third-order valence-corrected chi connectivity index (χ3v) is 4.80. The summed E-state index contributed by atoms with van der Waals surface area (Å²) in [6.07, 6.45) is 1.07. The molecule has 1 heterocycles. The van der Waals surface area contributed by atoms with E-state index in [4.69, 9.17) is 0 Å². The molecule has 0 amide bonds. The molecule has 0 aromatic heterocycles. The quantitative estimate of drug-likeness (QED) is 0.832. The highest BCUT2D eigenvalue weighted by Gasteiger charge is 2.37. The minimum atomic E-state index is 0.00491. The molecule has 2 aromatic rings. The van der Waals surface area contributed by atoms with Crippen LogP contribution in [0.4, 0.5) is 5.69 Å². The van der Waals surface area contributed by atoms with Crippen molar-refractivity contribution in [3.8, 4) is 0 Å². The van der Waals surface area contributed by atoms with E-state index in [-0.39, 0.29) is 4.87 Å². The second-order valence-corrected chi connectivity index (χ2v) is 5.61. The molecule has 86 valence electrons. The van der Waals surface area contributed by atoms with E-state index in [1.54, 1.807) is 0 Å². The standard InChI is InChI=1S/C15H15NS/c1-2-15(12-8-4-3-5-9-12)16-13-10-6-7-11-14(13)17-15/h3-11,16H,2H2,1H3. The molecule has 1 N–H and O–H groups in total. The fraction of sp³-hybridized carbons (Fsp3) is 0.200. The molecule has 2 aromatic carbocycles. The van der Waals surface area contributed by atoms with Crippen molar-refractivity contribution in [3.05, 3.63) is 60.2 Å². The minimum Gasteiger partial charge on any atom is -0.366 e. The molecule has 0 radical (unpaired) electrons. The van der Waals surface area contributed by atoms with Crippen LogP contribution in [0.2, 0.25) is 0 Å². The van der Waals surface area contributed by atoms with Crippen LogP contribution in [0.3, 0.4) is 0 Å². The van der Waals surface area contributed by atoms with Crippen molar-refractivity contribution >= 4 is 17.4 Å². The molecular weight excluding hydrogens is 226 g/mol. The summed E-state index contributed by atoms with van der Waals surface area (Å²) in [4.78, 5) is 1.35. The summed E-state index contributed by atoms with van der Waals surface area (Å²) in [7, 11) is 0. The van der Waals surface area contributed by atoms with Gasteiger partial charge in [0.25, 0.3) is 0 Å².